The van der Waals surface area contributed by atoms with E-state index in [-0.39, 0.29) is 30.4 Å². The van der Waals surface area contributed by atoms with Gasteiger partial charge in [0.15, 0.2) is 5.82 Å². The highest BCUT2D eigenvalue weighted by molar-refractivity contribution is 7.87. The SMILES string of the molecule is Cc1ncc([N+](=O)[O-])n1CCOC(=O)Nc1ccc(OS(=O)(=O)c2ccc(C(F)(F)F)cc2)cc1. The summed E-state index contributed by atoms with van der Waals surface area (Å²) in [6.07, 6.45) is -4.38. The van der Waals surface area contributed by atoms with Gasteiger partial charge in [-0.15, -0.1) is 0 Å². The molecule has 15 heteroatoms. The number of halogens is 3. The largest absolute Gasteiger partial charge is 0.445 e. The van der Waals surface area contributed by atoms with Crippen molar-refractivity contribution in [2.45, 2.75) is 24.5 Å². The van der Waals surface area contributed by atoms with Crippen molar-refractivity contribution in [3.63, 3.8) is 0 Å². The highest BCUT2D eigenvalue weighted by Gasteiger charge is 2.31. The number of nitro groups is 1. The molecule has 0 radical (unpaired) electrons. The Labute approximate surface area is 196 Å². The lowest BCUT2D eigenvalue weighted by Gasteiger charge is -2.10. The van der Waals surface area contributed by atoms with Crippen LogP contribution in [0, 0.1) is 17.0 Å². The van der Waals surface area contributed by atoms with Gasteiger partial charge in [0.2, 0.25) is 0 Å². The van der Waals surface area contributed by atoms with E-state index >= 15 is 0 Å². The molecular weight excluding hydrogens is 497 g/mol. The highest BCUT2D eigenvalue weighted by atomic mass is 32.2. The molecule has 0 atom stereocenters. The van der Waals surface area contributed by atoms with Crippen LogP contribution in [0.3, 0.4) is 0 Å². The van der Waals surface area contributed by atoms with Crippen LogP contribution in [0.25, 0.3) is 0 Å². The maximum atomic E-state index is 12.6. The molecule has 1 amide bonds. The van der Waals surface area contributed by atoms with Crippen LogP contribution < -0.4 is 9.50 Å². The summed E-state index contributed by atoms with van der Waals surface area (Å²) in [5.74, 6) is -0.0115. The molecule has 3 aromatic rings. The molecule has 2 aromatic carbocycles. The van der Waals surface area contributed by atoms with Gasteiger partial charge in [0, 0.05) is 12.6 Å². The number of anilines is 1. The molecule has 1 N–H and O–H groups in total. The van der Waals surface area contributed by atoms with Gasteiger partial charge in [-0.3, -0.25) is 5.32 Å². The number of carbonyl (C=O) groups is 1. The quantitative estimate of drug-likeness (QED) is 0.269. The minimum Gasteiger partial charge on any atom is -0.445 e. The molecule has 0 aliphatic heterocycles. The van der Waals surface area contributed by atoms with E-state index in [4.69, 9.17) is 8.92 Å². The number of rotatable bonds is 8. The molecule has 0 fully saturated rings. The molecular formula is C20H17F3N4O7S. The number of nitrogens with one attached hydrogen (secondary N) is 1. The predicted molar refractivity (Wildman–Crippen MR) is 114 cm³/mol. The summed E-state index contributed by atoms with van der Waals surface area (Å²) >= 11 is 0. The molecule has 35 heavy (non-hydrogen) atoms. The Balaban J connectivity index is 1.54. The fourth-order valence-electron chi connectivity index (χ4n) is 2.84. The van der Waals surface area contributed by atoms with Crippen LogP contribution in [0.2, 0.25) is 0 Å². The zero-order chi connectivity index (χ0) is 25.8. The lowest BCUT2D eigenvalue weighted by Crippen LogP contribution is -2.18. The Kier molecular flexibility index (Phi) is 7.28. The third kappa shape index (κ3) is 6.47. The smallest absolute Gasteiger partial charge is 0.416 e. The van der Waals surface area contributed by atoms with E-state index in [0.29, 0.717) is 18.0 Å². The zero-order valence-electron chi connectivity index (χ0n) is 17.9. The number of nitrogens with zero attached hydrogens (tertiary/aromatic N) is 3. The third-order valence-corrected chi connectivity index (χ3v) is 5.81. The lowest BCUT2D eigenvalue weighted by molar-refractivity contribution is -0.392. The predicted octanol–water partition coefficient (Wildman–Crippen LogP) is 4.13. The summed E-state index contributed by atoms with van der Waals surface area (Å²) in [6.45, 7) is 1.38. The van der Waals surface area contributed by atoms with Crippen molar-refractivity contribution < 1.29 is 40.2 Å². The van der Waals surface area contributed by atoms with Crippen LogP contribution in [-0.2, 0) is 27.6 Å². The van der Waals surface area contributed by atoms with Crippen molar-refractivity contribution in [2.75, 3.05) is 11.9 Å². The number of carbonyl (C=O) groups excluding carboxylic acids is 1. The van der Waals surface area contributed by atoms with Crippen molar-refractivity contribution in [3.8, 4) is 5.75 Å². The van der Waals surface area contributed by atoms with Crippen LogP contribution >= 0.6 is 0 Å². The van der Waals surface area contributed by atoms with Crippen LogP contribution in [0.1, 0.15) is 11.4 Å². The van der Waals surface area contributed by atoms with Crippen LogP contribution in [-0.4, -0.2) is 35.6 Å². The Hall–Kier alpha value is -4.14. The number of imidazole rings is 1. The molecule has 0 saturated heterocycles. The van der Waals surface area contributed by atoms with Gasteiger partial charge in [-0.25, -0.2) is 14.3 Å². The molecule has 0 bridgehead atoms. The van der Waals surface area contributed by atoms with E-state index in [2.05, 4.69) is 10.3 Å². The molecule has 3 rings (SSSR count). The van der Waals surface area contributed by atoms with Gasteiger partial charge < -0.3 is 19.0 Å². The fourth-order valence-corrected chi connectivity index (χ4v) is 3.77. The third-order valence-electron chi connectivity index (χ3n) is 4.55. The van der Waals surface area contributed by atoms with Gasteiger partial charge in [0.05, 0.1) is 5.56 Å². The number of aromatic nitrogens is 2. The van der Waals surface area contributed by atoms with Gasteiger partial charge in [-0.2, -0.15) is 21.6 Å². The first kappa shape index (κ1) is 25.5. The number of amides is 1. The molecule has 0 aliphatic rings. The molecule has 1 heterocycles. The average molecular weight is 514 g/mol. The Morgan fingerprint density at radius 2 is 1.77 bits per heavy atom. The molecule has 0 spiro atoms. The van der Waals surface area contributed by atoms with Crippen LogP contribution in [0.15, 0.2) is 59.6 Å². The van der Waals surface area contributed by atoms with E-state index in [0.717, 1.165) is 18.3 Å². The molecule has 0 saturated carbocycles. The standard InChI is InChI=1S/C20H17F3N4O7S/c1-13-24-12-18(27(29)30)26(13)10-11-33-19(28)25-15-4-6-16(7-5-15)34-35(31,32)17-8-2-14(3-9-17)20(21,22)23/h2-9,12H,10-11H2,1H3,(H,25,28). The first-order valence-electron chi connectivity index (χ1n) is 9.69. The first-order valence-corrected chi connectivity index (χ1v) is 11.1. The summed E-state index contributed by atoms with van der Waals surface area (Å²) in [4.78, 5) is 25.7. The average Bonchev–Trinajstić information content (AvgIpc) is 3.15. The summed E-state index contributed by atoms with van der Waals surface area (Å²) < 4.78 is 73.7. The molecule has 11 nitrogen and oxygen atoms in total. The normalized spacial score (nSPS) is 11.7. The van der Waals surface area contributed by atoms with Crippen molar-refractivity contribution in [1.82, 2.24) is 9.55 Å². The van der Waals surface area contributed by atoms with E-state index in [1.54, 1.807) is 6.92 Å². The second-order valence-corrected chi connectivity index (χ2v) is 8.46. The van der Waals surface area contributed by atoms with Gasteiger partial charge in [0.25, 0.3) is 0 Å². The maximum Gasteiger partial charge on any atom is 0.416 e. The molecule has 0 aliphatic carbocycles. The van der Waals surface area contributed by atoms with Gasteiger partial charge in [-0.1, -0.05) is 0 Å². The number of benzene rings is 2. The second-order valence-electron chi connectivity index (χ2n) is 6.92. The van der Waals surface area contributed by atoms with E-state index in [1.807, 2.05) is 0 Å². The first-order chi connectivity index (χ1) is 16.4. The Bertz CT molecular complexity index is 1320. The topological polar surface area (TPSA) is 143 Å². The maximum absolute atomic E-state index is 12.6. The number of aryl methyl sites for hydroxylation is 1. The lowest BCUT2D eigenvalue weighted by atomic mass is 10.2. The number of hydrogen-bond donors (Lipinski definition) is 1. The highest BCUT2D eigenvalue weighted by Crippen LogP contribution is 2.30. The van der Waals surface area contributed by atoms with Gasteiger partial charge >= 0.3 is 28.2 Å². The summed E-state index contributed by atoms with van der Waals surface area (Å²) in [5.41, 5.74) is -0.781. The number of hydrogen-bond acceptors (Lipinski definition) is 8. The van der Waals surface area contributed by atoms with Crippen molar-refractivity contribution in [1.29, 1.82) is 0 Å². The summed E-state index contributed by atoms with van der Waals surface area (Å²) in [5, 5.41) is 13.3. The van der Waals surface area contributed by atoms with E-state index in [1.165, 1.54) is 28.8 Å². The van der Waals surface area contributed by atoms with Crippen LogP contribution in [0.5, 0.6) is 5.75 Å². The fraction of sp³-hybridized carbons (Fsp3) is 0.200. The van der Waals surface area contributed by atoms with Crippen molar-refractivity contribution >= 4 is 27.7 Å². The van der Waals surface area contributed by atoms with Gasteiger partial charge in [0.1, 0.15) is 30.0 Å². The van der Waals surface area contributed by atoms with Crippen molar-refractivity contribution in [3.05, 3.63) is 76.2 Å². The number of ether oxygens (including phenoxy) is 1. The van der Waals surface area contributed by atoms with Crippen molar-refractivity contribution in [2.24, 2.45) is 0 Å². The summed E-state index contributed by atoms with van der Waals surface area (Å²) in [6, 6.07) is 7.87. The molecule has 1 aromatic heterocycles. The summed E-state index contributed by atoms with van der Waals surface area (Å²) in [7, 11) is -4.39. The minimum absolute atomic E-state index is 0.00412. The number of alkyl halides is 3. The monoisotopic (exact) mass is 514 g/mol. The minimum atomic E-state index is -4.61. The second kappa shape index (κ2) is 10.0. The van der Waals surface area contributed by atoms with E-state index in [9.17, 15) is 36.5 Å². The van der Waals surface area contributed by atoms with Gasteiger partial charge in [-0.05, 0) is 53.5 Å². The molecule has 0 unspecified atom stereocenters. The zero-order valence-corrected chi connectivity index (χ0v) is 18.7. The Morgan fingerprint density at radius 3 is 2.34 bits per heavy atom. The van der Waals surface area contributed by atoms with Crippen LogP contribution in [0.4, 0.5) is 29.5 Å². The molecule has 186 valence electrons. The Morgan fingerprint density at radius 1 is 1.14 bits per heavy atom. The van der Waals surface area contributed by atoms with E-state index < -0.39 is 37.8 Å².